The van der Waals surface area contributed by atoms with Crippen molar-refractivity contribution in [3.63, 3.8) is 0 Å². The van der Waals surface area contributed by atoms with E-state index in [9.17, 15) is 23.1 Å². The van der Waals surface area contributed by atoms with Gasteiger partial charge >= 0.3 is 6.18 Å². The molecular weight excluding hydrogens is 245 g/mol. The molecule has 5 heteroatoms. The average molecular weight is 260 g/mol. The Bertz CT molecular complexity index is 396. The largest absolute Gasteiger partial charge is 0.416 e. The standard InChI is InChI=1S/C13H15F3O2/c1-2-3-11(17)12(18)8-9-4-6-10(7-5-9)13(14,15)16/h4-7,11,17H,2-3,8H2,1H3. The van der Waals surface area contributed by atoms with E-state index in [1.54, 1.807) is 0 Å². The second kappa shape index (κ2) is 6.00. The van der Waals surface area contributed by atoms with Gasteiger partial charge in [-0.25, -0.2) is 0 Å². The second-order valence-electron chi connectivity index (χ2n) is 4.14. The van der Waals surface area contributed by atoms with Crippen molar-refractivity contribution in [2.75, 3.05) is 0 Å². The molecule has 0 saturated carbocycles. The van der Waals surface area contributed by atoms with Crippen LogP contribution in [0.2, 0.25) is 0 Å². The van der Waals surface area contributed by atoms with Crippen LogP contribution in [0.15, 0.2) is 24.3 Å². The SMILES string of the molecule is CCCC(O)C(=O)Cc1ccc(C(F)(F)F)cc1. The lowest BCUT2D eigenvalue weighted by atomic mass is 10.0. The van der Waals surface area contributed by atoms with Crippen LogP contribution in [-0.2, 0) is 17.4 Å². The molecule has 100 valence electrons. The van der Waals surface area contributed by atoms with E-state index >= 15 is 0 Å². The Hall–Kier alpha value is -1.36. The summed E-state index contributed by atoms with van der Waals surface area (Å²) in [5, 5.41) is 9.43. The topological polar surface area (TPSA) is 37.3 Å². The van der Waals surface area contributed by atoms with Crippen molar-refractivity contribution >= 4 is 5.78 Å². The van der Waals surface area contributed by atoms with Crippen molar-refractivity contribution < 1.29 is 23.1 Å². The molecule has 0 amide bonds. The number of rotatable bonds is 5. The third kappa shape index (κ3) is 4.14. The highest BCUT2D eigenvalue weighted by Crippen LogP contribution is 2.29. The van der Waals surface area contributed by atoms with Gasteiger partial charge in [-0.1, -0.05) is 25.5 Å². The van der Waals surface area contributed by atoms with E-state index in [1.165, 1.54) is 12.1 Å². The molecule has 0 aliphatic carbocycles. The lowest BCUT2D eigenvalue weighted by Crippen LogP contribution is -2.21. The van der Waals surface area contributed by atoms with E-state index in [2.05, 4.69) is 0 Å². The Kier molecular flexibility index (Phi) is 4.90. The minimum atomic E-state index is -4.37. The molecule has 0 aliphatic rings. The van der Waals surface area contributed by atoms with Gasteiger partial charge in [0.05, 0.1) is 5.56 Å². The number of aliphatic hydroxyl groups is 1. The van der Waals surface area contributed by atoms with Crippen molar-refractivity contribution in [2.24, 2.45) is 0 Å². The summed E-state index contributed by atoms with van der Waals surface area (Å²) < 4.78 is 36.9. The van der Waals surface area contributed by atoms with Crippen LogP contribution >= 0.6 is 0 Å². The highest BCUT2D eigenvalue weighted by Gasteiger charge is 2.30. The first kappa shape index (κ1) is 14.7. The fraction of sp³-hybridized carbons (Fsp3) is 0.462. The van der Waals surface area contributed by atoms with Gasteiger partial charge in [0.2, 0.25) is 0 Å². The number of ketones is 1. The summed E-state index contributed by atoms with van der Waals surface area (Å²) in [5.74, 6) is -0.364. The molecule has 1 aromatic carbocycles. The van der Waals surface area contributed by atoms with Gasteiger partial charge in [-0.2, -0.15) is 13.2 Å². The van der Waals surface area contributed by atoms with Gasteiger partial charge in [0.25, 0.3) is 0 Å². The minimum absolute atomic E-state index is 0.0424. The normalized spacial score (nSPS) is 13.4. The molecule has 1 N–H and O–H groups in total. The molecule has 1 atom stereocenters. The lowest BCUT2D eigenvalue weighted by Gasteiger charge is -2.09. The lowest BCUT2D eigenvalue weighted by molar-refractivity contribution is -0.137. The summed E-state index contributed by atoms with van der Waals surface area (Å²) in [4.78, 5) is 11.5. The summed E-state index contributed by atoms with van der Waals surface area (Å²) in [6.45, 7) is 1.84. The van der Waals surface area contributed by atoms with Crippen LogP contribution in [0.25, 0.3) is 0 Å². The molecule has 0 spiro atoms. The van der Waals surface area contributed by atoms with E-state index in [1.807, 2.05) is 6.92 Å². The van der Waals surface area contributed by atoms with Crippen molar-refractivity contribution in [3.05, 3.63) is 35.4 Å². The average Bonchev–Trinajstić information content (AvgIpc) is 2.28. The Balaban J connectivity index is 2.67. The van der Waals surface area contributed by atoms with Crippen LogP contribution in [-0.4, -0.2) is 17.0 Å². The van der Waals surface area contributed by atoms with Crippen LogP contribution in [0, 0.1) is 0 Å². The molecular formula is C13H15F3O2. The molecule has 0 saturated heterocycles. The Morgan fingerprint density at radius 1 is 1.28 bits per heavy atom. The first-order valence-electron chi connectivity index (χ1n) is 5.71. The number of halogens is 3. The zero-order valence-corrected chi connectivity index (χ0v) is 10.00. The molecule has 2 nitrogen and oxygen atoms in total. The summed E-state index contributed by atoms with van der Waals surface area (Å²) in [6, 6.07) is 4.41. The monoisotopic (exact) mass is 260 g/mol. The van der Waals surface area contributed by atoms with Gasteiger partial charge in [0, 0.05) is 6.42 Å². The first-order valence-corrected chi connectivity index (χ1v) is 5.71. The Labute approximate surface area is 103 Å². The van der Waals surface area contributed by atoms with E-state index in [0.717, 1.165) is 12.1 Å². The predicted molar refractivity (Wildman–Crippen MR) is 61.1 cm³/mol. The van der Waals surface area contributed by atoms with Crippen LogP contribution in [0.5, 0.6) is 0 Å². The van der Waals surface area contributed by atoms with Gasteiger partial charge in [-0.15, -0.1) is 0 Å². The maximum Gasteiger partial charge on any atom is 0.416 e. The van der Waals surface area contributed by atoms with E-state index in [0.29, 0.717) is 18.4 Å². The van der Waals surface area contributed by atoms with Gasteiger partial charge < -0.3 is 5.11 Å². The van der Waals surface area contributed by atoms with Gasteiger partial charge in [0.15, 0.2) is 5.78 Å². The smallest absolute Gasteiger partial charge is 0.385 e. The molecule has 0 aliphatic heterocycles. The first-order chi connectivity index (χ1) is 8.34. The van der Waals surface area contributed by atoms with Crippen LogP contribution in [0.3, 0.4) is 0 Å². The molecule has 18 heavy (non-hydrogen) atoms. The highest BCUT2D eigenvalue weighted by atomic mass is 19.4. The molecule has 1 aromatic rings. The summed E-state index contributed by atoms with van der Waals surface area (Å²) >= 11 is 0. The van der Waals surface area contributed by atoms with Gasteiger partial charge in [-0.05, 0) is 24.1 Å². The van der Waals surface area contributed by atoms with E-state index < -0.39 is 17.8 Å². The summed E-state index contributed by atoms with van der Waals surface area (Å²) in [7, 11) is 0. The highest BCUT2D eigenvalue weighted by molar-refractivity contribution is 5.84. The number of aliphatic hydroxyl groups excluding tert-OH is 1. The predicted octanol–water partition coefficient (Wildman–Crippen LogP) is 2.98. The number of alkyl halides is 3. The fourth-order valence-corrected chi connectivity index (χ4v) is 1.57. The third-order valence-corrected chi connectivity index (χ3v) is 2.59. The van der Waals surface area contributed by atoms with E-state index in [-0.39, 0.29) is 12.2 Å². The van der Waals surface area contributed by atoms with E-state index in [4.69, 9.17) is 0 Å². The maximum atomic E-state index is 12.3. The number of hydrogen-bond donors (Lipinski definition) is 1. The molecule has 0 radical (unpaired) electrons. The zero-order valence-electron chi connectivity index (χ0n) is 10.00. The molecule has 0 fully saturated rings. The van der Waals surface area contributed by atoms with Gasteiger partial charge in [-0.3, -0.25) is 4.79 Å². The number of carbonyl (C=O) groups is 1. The number of Topliss-reactive ketones (excluding diaryl/α,β-unsaturated/α-hetero) is 1. The van der Waals surface area contributed by atoms with Crippen LogP contribution in [0.1, 0.15) is 30.9 Å². The van der Waals surface area contributed by atoms with Crippen molar-refractivity contribution in [1.29, 1.82) is 0 Å². The molecule has 0 aromatic heterocycles. The number of benzene rings is 1. The molecule has 0 heterocycles. The van der Waals surface area contributed by atoms with Gasteiger partial charge in [0.1, 0.15) is 6.10 Å². The third-order valence-electron chi connectivity index (χ3n) is 2.59. The van der Waals surface area contributed by atoms with Crippen molar-refractivity contribution in [1.82, 2.24) is 0 Å². The Morgan fingerprint density at radius 3 is 2.28 bits per heavy atom. The fourth-order valence-electron chi connectivity index (χ4n) is 1.57. The Morgan fingerprint density at radius 2 is 1.83 bits per heavy atom. The quantitative estimate of drug-likeness (QED) is 0.883. The number of hydrogen-bond acceptors (Lipinski definition) is 2. The number of carbonyl (C=O) groups excluding carboxylic acids is 1. The summed E-state index contributed by atoms with van der Waals surface area (Å²) in [6.07, 6.45) is -4.39. The molecule has 1 unspecified atom stereocenters. The summed E-state index contributed by atoms with van der Waals surface area (Å²) in [5.41, 5.74) is -0.268. The van der Waals surface area contributed by atoms with Crippen LogP contribution in [0.4, 0.5) is 13.2 Å². The molecule has 1 rings (SSSR count). The van der Waals surface area contributed by atoms with Crippen molar-refractivity contribution in [2.45, 2.75) is 38.5 Å². The van der Waals surface area contributed by atoms with Crippen LogP contribution < -0.4 is 0 Å². The maximum absolute atomic E-state index is 12.3. The van der Waals surface area contributed by atoms with Crippen molar-refractivity contribution in [3.8, 4) is 0 Å². The minimum Gasteiger partial charge on any atom is -0.385 e. The second-order valence-corrected chi connectivity index (χ2v) is 4.14. The zero-order chi connectivity index (χ0) is 13.8. The molecule has 0 bridgehead atoms.